The van der Waals surface area contributed by atoms with E-state index in [2.05, 4.69) is 70.0 Å². The van der Waals surface area contributed by atoms with Crippen LogP contribution in [0.5, 0.6) is 0 Å². The van der Waals surface area contributed by atoms with Gasteiger partial charge in [-0.1, -0.05) is 69.0 Å². The first-order valence-electron chi connectivity index (χ1n) is 6.77. The molecule has 0 aromatic heterocycles. The molecule has 0 bridgehead atoms. The average Bonchev–Trinajstić information content (AvgIpc) is 2.63. The van der Waals surface area contributed by atoms with E-state index >= 15 is 0 Å². The van der Waals surface area contributed by atoms with Crippen LogP contribution in [0.4, 0.5) is 0 Å². The molecule has 0 saturated heterocycles. The summed E-state index contributed by atoms with van der Waals surface area (Å²) in [4.78, 5) is 4.55. The summed E-state index contributed by atoms with van der Waals surface area (Å²) in [5.41, 5.74) is 1.69. The van der Waals surface area contributed by atoms with Crippen molar-refractivity contribution in [3.8, 4) is 0 Å². The van der Waals surface area contributed by atoms with Crippen molar-refractivity contribution < 1.29 is 46.5 Å². The number of unbranched alkanes of at least 4 members (excludes halogenated alkanes) is 1. The molecule has 0 fully saturated rings. The van der Waals surface area contributed by atoms with Crippen LogP contribution in [-0.2, 0) is 28.1 Å². The minimum absolute atomic E-state index is 0. The monoisotopic (exact) mass is 369 g/mol. The zero-order chi connectivity index (χ0) is 13.3. The van der Waals surface area contributed by atoms with Gasteiger partial charge in [0, 0.05) is 0 Å². The van der Waals surface area contributed by atoms with Gasteiger partial charge in [-0.25, -0.2) is 6.07 Å². The summed E-state index contributed by atoms with van der Waals surface area (Å²) in [7, 11) is -0.671. The summed E-state index contributed by atoms with van der Waals surface area (Å²) in [6.45, 7) is 13.2. The summed E-state index contributed by atoms with van der Waals surface area (Å²) >= 11 is 0. The van der Waals surface area contributed by atoms with Gasteiger partial charge in [0.25, 0.3) is 0 Å². The van der Waals surface area contributed by atoms with Gasteiger partial charge in [0.2, 0.25) is 0 Å². The fraction of sp³-hybridized carbons (Fsp3) is 0.667. The third-order valence-corrected chi connectivity index (χ3v) is 3.49. The Hall–Kier alpha value is 0.821. The van der Waals surface area contributed by atoms with E-state index in [0.29, 0.717) is 0 Å². The van der Waals surface area contributed by atoms with Crippen LogP contribution in [0, 0.1) is 0 Å². The van der Waals surface area contributed by atoms with E-state index in [0.717, 1.165) is 0 Å². The van der Waals surface area contributed by atoms with Crippen molar-refractivity contribution in [1.82, 2.24) is 0 Å². The number of hydrogen-bond donors (Lipinski definition) is 0. The second kappa shape index (κ2) is 16.2. The van der Waals surface area contributed by atoms with Crippen LogP contribution in [0.2, 0.25) is 13.1 Å². The molecular formula is C15H29Cl2NSiTi. The van der Waals surface area contributed by atoms with E-state index in [1.165, 1.54) is 24.8 Å². The Morgan fingerprint density at radius 2 is 1.75 bits per heavy atom. The molecule has 0 saturated carbocycles. The molecule has 0 aliphatic carbocycles. The number of halogens is 2. The largest absolute Gasteiger partial charge is 4.00 e. The topological polar surface area (TPSA) is 14.1 Å². The summed E-state index contributed by atoms with van der Waals surface area (Å²) in [5.74, 6) is 0. The van der Waals surface area contributed by atoms with Gasteiger partial charge < -0.3 is 29.8 Å². The Labute approximate surface area is 155 Å². The maximum Gasteiger partial charge on any atom is 4.00 e. The Morgan fingerprint density at radius 3 is 2.00 bits per heavy atom. The SMILES string of the molecule is CCCCc1cc[cH-]c1.C[SiH](C)[N-]C(C)(C)C.[Cl-].[Cl-].[Ti+4]. The third-order valence-electron chi connectivity index (χ3n) is 2.20. The van der Waals surface area contributed by atoms with E-state index in [4.69, 9.17) is 0 Å². The first-order valence-corrected chi connectivity index (χ1v) is 9.60. The van der Waals surface area contributed by atoms with E-state index in [1.807, 2.05) is 0 Å². The second-order valence-corrected chi connectivity index (χ2v) is 8.24. The fourth-order valence-electron chi connectivity index (χ4n) is 1.74. The molecule has 0 unspecified atom stereocenters. The van der Waals surface area contributed by atoms with Crippen LogP contribution >= 0.6 is 0 Å². The molecule has 1 rings (SSSR count). The van der Waals surface area contributed by atoms with Gasteiger partial charge >= 0.3 is 21.7 Å². The zero-order valence-electron chi connectivity index (χ0n) is 13.7. The molecule has 0 radical (unpaired) electrons. The molecule has 1 aromatic rings. The maximum absolute atomic E-state index is 4.55. The van der Waals surface area contributed by atoms with Crippen LogP contribution in [-0.4, -0.2) is 14.5 Å². The average molecular weight is 370 g/mol. The van der Waals surface area contributed by atoms with Gasteiger partial charge in [0.1, 0.15) is 0 Å². The predicted octanol–water partition coefficient (Wildman–Crippen LogP) is -1.10. The van der Waals surface area contributed by atoms with E-state index in [1.54, 1.807) is 0 Å². The molecule has 1 nitrogen and oxygen atoms in total. The smallest absolute Gasteiger partial charge is 1.00 e. The van der Waals surface area contributed by atoms with Gasteiger partial charge in [-0.15, -0.1) is 5.54 Å². The number of hydrogen-bond acceptors (Lipinski definition) is 0. The minimum Gasteiger partial charge on any atom is -1.00 e. The van der Waals surface area contributed by atoms with Crippen molar-refractivity contribution in [2.24, 2.45) is 0 Å². The van der Waals surface area contributed by atoms with Crippen molar-refractivity contribution in [2.45, 2.75) is 65.6 Å². The van der Waals surface area contributed by atoms with Gasteiger partial charge in [-0.3, -0.25) is 0 Å². The summed E-state index contributed by atoms with van der Waals surface area (Å²) in [5, 5.41) is 0. The van der Waals surface area contributed by atoms with Crippen LogP contribution in [0.25, 0.3) is 4.98 Å². The Morgan fingerprint density at radius 1 is 1.20 bits per heavy atom. The molecule has 0 atom stereocenters. The normalized spacial score (nSPS) is 9.55. The van der Waals surface area contributed by atoms with Gasteiger partial charge in [0.15, 0.2) is 0 Å². The number of aryl methyl sites for hydroxylation is 1. The maximum atomic E-state index is 4.55. The van der Waals surface area contributed by atoms with Crippen LogP contribution < -0.4 is 24.8 Å². The second-order valence-electron chi connectivity index (χ2n) is 5.79. The van der Waals surface area contributed by atoms with Crippen molar-refractivity contribution in [3.05, 3.63) is 34.8 Å². The van der Waals surface area contributed by atoms with E-state index in [9.17, 15) is 0 Å². The van der Waals surface area contributed by atoms with E-state index < -0.39 is 8.96 Å². The Kier molecular flexibility index (Phi) is 23.4. The minimum atomic E-state index is -0.671. The predicted molar refractivity (Wildman–Crippen MR) is 82.6 cm³/mol. The van der Waals surface area contributed by atoms with Crippen LogP contribution in [0.15, 0.2) is 24.3 Å². The van der Waals surface area contributed by atoms with Gasteiger partial charge in [0.05, 0.1) is 0 Å². The van der Waals surface area contributed by atoms with Gasteiger partial charge in [-0.05, 0) is 0 Å². The molecule has 0 heterocycles. The Bertz CT molecular complexity index is 272. The summed E-state index contributed by atoms with van der Waals surface area (Å²) < 4.78 is 0. The molecule has 20 heavy (non-hydrogen) atoms. The standard InChI is InChI=1S/C9H13.C6H16NSi.2ClH.Ti/c1-2-3-6-9-7-4-5-8-9;1-6(2,3)7-8(4)5;;;/h4-5,7-8H,2-3,6H2,1H3;8H,1-5H3;2*1H;/q2*-1;;;+4/p-2. The molecule has 5 heteroatoms. The Balaban J connectivity index is -0.000000112. The quantitative estimate of drug-likeness (QED) is 0.472. The fourth-order valence-corrected chi connectivity index (χ4v) is 3.29. The molecule has 116 valence electrons. The zero-order valence-corrected chi connectivity index (χ0v) is 17.9. The van der Waals surface area contributed by atoms with Crippen molar-refractivity contribution in [2.75, 3.05) is 0 Å². The van der Waals surface area contributed by atoms with E-state index in [-0.39, 0.29) is 52.1 Å². The van der Waals surface area contributed by atoms with Crippen LogP contribution in [0.1, 0.15) is 46.1 Å². The molecule has 0 aliphatic rings. The van der Waals surface area contributed by atoms with Crippen molar-refractivity contribution in [3.63, 3.8) is 0 Å². The number of nitrogens with zero attached hydrogens (tertiary/aromatic N) is 1. The molecular weight excluding hydrogens is 341 g/mol. The molecule has 0 aliphatic heterocycles. The summed E-state index contributed by atoms with van der Waals surface area (Å²) in [6, 6.07) is 8.58. The van der Waals surface area contributed by atoms with Crippen molar-refractivity contribution in [1.29, 1.82) is 0 Å². The third kappa shape index (κ3) is 21.1. The number of rotatable bonds is 4. The first kappa shape index (κ1) is 28.9. The molecule has 0 spiro atoms. The van der Waals surface area contributed by atoms with Gasteiger partial charge in [-0.2, -0.15) is 23.8 Å². The summed E-state index contributed by atoms with van der Waals surface area (Å²) in [6.07, 6.45) is 3.87. The molecule has 0 N–H and O–H groups in total. The first-order chi connectivity index (χ1) is 7.85. The molecule has 0 amide bonds. The van der Waals surface area contributed by atoms with Crippen molar-refractivity contribution >= 4 is 8.96 Å². The molecule has 1 aromatic carbocycles. The van der Waals surface area contributed by atoms with Crippen LogP contribution in [0.3, 0.4) is 0 Å².